The molecule has 0 spiro atoms. The molecule has 0 heterocycles. The van der Waals surface area contributed by atoms with Crippen molar-refractivity contribution in [2.75, 3.05) is 0 Å². The van der Waals surface area contributed by atoms with E-state index in [4.69, 9.17) is 0 Å². The molecule has 0 aromatic rings. The summed E-state index contributed by atoms with van der Waals surface area (Å²) < 4.78 is 5.36. The van der Waals surface area contributed by atoms with Gasteiger partial charge in [0, 0.05) is 0 Å². The molecule has 0 fully saturated rings. The van der Waals surface area contributed by atoms with Gasteiger partial charge >= 0.3 is 21.1 Å². The molecule has 0 saturated carbocycles. The molecule has 0 atom stereocenters. The van der Waals surface area contributed by atoms with Crippen molar-refractivity contribution in [1.82, 2.24) is 14.8 Å². The summed E-state index contributed by atoms with van der Waals surface area (Å²) in [4.78, 5) is 0. The molecule has 0 rings (SSSR count). The van der Waals surface area contributed by atoms with Crippen molar-refractivity contribution in [3.8, 4) is 0 Å². The van der Waals surface area contributed by atoms with Crippen LogP contribution in [0.2, 0.25) is 0 Å². The molecule has 0 radical (unpaired) electrons. The normalized spacial score (nSPS) is 7.36. The van der Waals surface area contributed by atoms with Gasteiger partial charge in [0.05, 0.1) is 0 Å². The van der Waals surface area contributed by atoms with E-state index in [9.17, 15) is 0 Å². The van der Waals surface area contributed by atoms with Crippen molar-refractivity contribution in [3.05, 3.63) is 0 Å². The van der Waals surface area contributed by atoms with Crippen LogP contribution in [0, 0.1) is 0 Å². The van der Waals surface area contributed by atoms with Crippen molar-refractivity contribution < 1.29 is 21.1 Å². The van der Waals surface area contributed by atoms with Gasteiger partial charge < -0.3 is 99.4 Å². The van der Waals surface area contributed by atoms with E-state index in [1.807, 2.05) is 0 Å². The predicted octanol–water partition coefficient (Wildman–Crippen LogP) is 3.24. The van der Waals surface area contributed by atoms with Crippen molar-refractivity contribution in [2.24, 2.45) is 0 Å². The summed E-state index contributed by atoms with van der Waals surface area (Å²) in [7, 11) is 0. The fraction of sp³-hybridized carbons (Fsp3) is 0. The number of rotatable bonds is 0. The van der Waals surface area contributed by atoms with Crippen LogP contribution in [0.15, 0.2) is 0 Å². The van der Waals surface area contributed by atoms with Crippen molar-refractivity contribution >= 4 is 219 Å². The van der Waals surface area contributed by atoms with Crippen molar-refractivity contribution in [2.45, 2.75) is 0 Å². The van der Waals surface area contributed by atoms with E-state index in [1.54, 1.807) is 0 Å². The van der Waals surface area contributed by atoms with Gasteiger partial charge in [-0.2, -0.15) is 0 Å². The summed E-state index contributed by atoms with van der Waals surface area (Å²) in [5.41, 5.74) is 0. The zero-order chi connectivity index (χ0) is 20.6. The van der Waals surface area contributed by atoms with Gasteiger partial charge in [0.1, 0.15) is 0 Å². The van der Waals surface area contributed by atoms with Crippen LogP contribution in [0.4, 0.5) is 0 Å². The molecule has 146 valence electrons. The summed E-state index contributed by atoms with van der Waals surface area (Å²) in [6.45, 7) is 0. The second-order valence-electron chi connectivity index (χ2n) is 2.22. The van der Waals surface area contributed by atoms with Gasteiger partial charge in [-0.15, -0.1) is 0 Å². The molecular formula is C4H8MoN4S16. The molecule has 4 nitrogen and oxygen atoms in total. The van der Waals surface area contributed by atoms with E-state index >= 15 is 0 Å². The maximum atomic E-state index is 4.41. The van der Waals surface area contributed by atoms with Crippen LogP contribution < -0.4 is 0 Å². The second kappa shape index (κ2) is 26.0. The smallest absolute Gasteiger partial charge is 0.409 e. The minimum absolute atomic E-state index is 0. The predicted molar refractivity (Wildman–Crippen MR) is 159 cm³/mol. The Kier molecular flexibility index (Phi) is 40.9. The fourth-order valence-electron chi connectivity index (χ4n) is 0. The zero-order valence-electron chi connectivity index (χ0n) is 11.0. The Labute approximate surface area is 251 Å². The van der Waals surface area contributed by atoms with Crippen LogP contribution in [0.1, 0.15) is 0 Å². The van der Waals surface area contributed by atoms with E-state index in [-0.39, 0.29) is 38.3 Å². The maximum absolute atomic E-state index is 4.41. The molecule has 21 heteroatoms. The Morgan fingerprint density at radius 3 is 0.480 bits per heavy atom. The zero-order valence-corrected chi connectivity index (χ0v) is 26.7. The summed E-state index contributed by atoms with van der Waals surface area (Å²) >= 11 is 64.4. The monoisotopic (exact) mass is 722 g/mol. The molecule has 0 amide bonds. The fourth-order valence-corrected chi connectivity index (χ4v) is 0. The van der Waals surface area contributed by atoms with Crippen LogP contribution in [0.5, 0.6) is 0 Å². The average Bonchev–Trinajstić information content (AvgIpc) is 2.40. The molecule has 0 aliphatic carbocycles. The van der Waals surface area contributed by atoms with E-state index in [2.05, 4.69) is 202 Å². The third-order valence-corrected chi connectivity index (χ3v) is 5.88. The molecular weight excluding hydrogens is 713 g/mol. The van der Waals surface area contributed by atoms with E-state index in [0.29, 0.717) is 0 Å². The molecule has 0 N–H and O–H groups in total. The van der Waals surface area contributed by atoms with Crippen LogP contribution >= 0.6 is 151 Å². The molecule has 0 aliphatic heterocycles. The van der Waals surface area contributed by atoms with Gasteiger partial charge in [-0.05, 0) is 17.3 Å². The topological polar surface area (TPSA) is 13.0 Å². The summed E-state index contributed by atoms with van der Waals surface area (Å²) in [5, 5.41) is 0. The van der Waals surface area contributed by atoms with Crippen LogP contribution in [0.25, 0.3) is 0 Å². The number of thiocarbonyl (C=S) groups is 4. The number of nitrogens with zero attached hydrogens (tertiary/aromatic N) is 4. The second-order valence-corrected chi connectivity index (χ2v) is 10.8. The SMILES string of the molecule is S=C([S-])N(S)S.S=C([S-])N(S)S.S=C([S-])N(S)S.S=C([S-])N(S)S.[Mo+4]. The van der Waals surface area contributed by atoms with Gasteiger partial charge in [0.25, 0.3) is 0 Å². The molecule has 0 unspecified atom stereocenters. The standard InChI is InChI=1S/4CH3NS4.Mo/c4*3-1(4)2(5)6;/h4*5-6H,(H,3,4);/q;;;;+4/p-4. The minimum Gasteiger partial charge on any atom is -0.409 e. The van der Waals surface area contributed by atoms with E-state index in [0.717, 1.165) is 14.8 Å². The first-order valence-corrected chi connectivity index (χ1v) is 10.6. The molecule has 25 heavy (non-hydrogen) atoms. The Balaban J connectivity index is -0.0000000702. The van der Waals surface area contributed by atoms with Crippen LogP contribution in [0.3, 0.4) is 0 Å². The molecule has 0 aromatic heterocycles. The first-order valence-electron chi connectivity index (χ1n) is 4.13. The van der Waals surface area contributed by atoms with Gasteiger partial charge in [-0.1, -0.05) is 103 Å². The largest absolute Gasteiger partial charge is 4.00 e. The molecule has 0 bridgehead atoms. The maximum Gasteiger partial charge on any atom is 4.00 e. The first kappa shape index (κ1) is 39.4. The summed E-state index contributed by atoms with van der Waals surface area (Å²) in [5.74, 6) is 0. The number of hydrogen-bond acceptors (Lipinski definition) is 16. The van der Waals surface area contributed by atoms with E-state index in [1.165, 1.54) is 0 Å². The number of thiol groups is 8. The van der Waals surface area contributed by atoms with E-state index < -0.39 is 0 Å². The van der Waals surface area contributed by atoms with Gasteiger partial charge in [-0.25, -0.2) is 0 Å². The van der Waals surface area contributed by atoms with Crippen molar-refractivity contribution in [1.29, 1.82) is 0 Å². The Morgan fingerprint density at radius 2 is 0.480 bits per heavy atom. The quantitative estimate of drug-likeness (QED) is 0.0812. The van der Waals surface area contributed by atoms with Crippen LogP contribution in [-0.4, -0.2) is 32.1 Å². The van der Waals surface area contributed by atoms with Gasteiger partial charge in [0.2, 0.25) is 0 Å². The van der Waals surface area contributed by atoms with Gasteiger partial charge in [-0.3, -0.25) is 14.8 Å². The summed E-state index contributed by atoms with van der Waals surface area (Å²) in [6, 6.07) is 0. The molecule has 0 aromatic carbocycles. The Bertz CT molecular complexity index is 312. The summed E-state index contributed by atoms with van der Waals surface area (Å²) in [6.07, 6.45) is 0. The number of hydrogen-bond donors (Lipinski definition) is 8. The molecule has 0 aliphatic rings. The van der Waals surface area contributed by atoms with Crippen molar-refractivity contribution in [3.63, 3.8) is 0 Å². The Hall–Kier alpha value is 3.93. The average molecular weight is 721 g/mol. The van der Waals surface area contributed by atoms with Crippen LogP contribution in [-0.2, 0) is 71.6 Å². The first-order chi connectivity index (χ1) is 10.6. The van der Waals surface area contributed by atoms with Gasteiger partial charge in [0.15, 0.2) is 0 Å². The minimum atomic E-state index is 0. The third kappa shape index (κ3) is 47.3. The third-order valence-electron chi connectivity index (χ3n) is 0.653. The molecule has 0 saturated heterocycles. The Morgan fingerprint density at radius 1 is 0.440 bits per heavy atom.